The lowest BCUT2D eigenvalue weighted by Crippen LogP contribution is -2.51. The quantitative estimate of drug-likeness (QED) is 0.663. The van der Waals surface area contributed by atoms with Crippen molar-refractivity contribution in [1.82, 2.24) is 25.0 Å². The zero-order valence-electron chi connectivity index (χ0n) is 19.9. The van der Waals surface area contributed by atoms with Crippen molar-refractivity contribution in [2.24, 2.45) is 11.8 Å². The first-order chi connectivity index (χ1) is 16.1. The van der Waals surface area contributed by atoms with Gasteiger partial charge in [0.2, 0.25) is 5.91 Å². The van der Waals surface area contributed by atoms with Crippen molar-refractivity contribution in [3.8, 4) is 5.75 Å². The van der Waals surface area contributed by atoms with Crippen LogP contribution in [0.5, 0.6) is 5.75 Å². The molecular weight excluding hydrogens is 414 g/mol. The lowest BCUT2D eigenvalue weighted by Gasteiger charge is -2.41. The normalized spacial score (nSPS) is 22.7. The lowest BCUT2D eigenvalue weighted by atomic mass is 9.87. The summed E-state index contributed by atoms with van der Waals surface area (Å²) in [6.07, 6.45) is 4.65. The molecule has 1 amide bonds. The first-order valence-corrected chi connectivity index (χ1v) is 12.0. The Morgan fingerprint density at radius 2 is 1.73 bits per heavy atom. The Hall–Kier alpha value is -2.48. The van der Waals surface area contributed by atoms with E-state index in [4.69, 9.17) is 4.74 Å². The number of hydrogen-bond acceptors (Lipinski definition) is 6. The predicted octanol–water partition coefficient (Wildman–Crippen LogP) is 2.09. The van der Waals surface area contributed by atoms with Crippen molar-refractivity contribution < 1.29 is 9.53 Å². The Morgan fingerprint density at radius 3 is 2.42 bits per heavy atom. The van der Waals surface area contributed by atoms with Crippen LogP contribution in [0.25, 0.3) is 0 Å². The standard InChI is InChI=1S/C26H37N5O2/c1-29-11-13-30(14-12-29)18-23-15-24(20-31(19-23)17-22-7-9-27-10-8-22)26(32)28-16-21-3-5-25(33-2)6-4-21/h3-10,23-24H,11-20H2,1-2H3,(H,28,32)/t23-,24-/m1/s1. The van der Waals surface area contributed by atoms with Crippen LogP contribution in [0.3, 0.4) is 0 Å². The second kappa shape index (κ2) is 11.6. The molecule has 0 radical (unpaired) electrons. The second-order valence-corrected chi connectivity index (χ2v) is 9.52. The molecule has 0 unspecified atom stereocenters. The van der Waals surface area contributed by atoms with E-state index in [1.807, 2.05) is 36.7 Å². The number of likely N-dealkylation sites (N-methyl/N-ethyl adjacent to an activating group) is 1. The van der Waals surface area contributed by atoms with Crippen LogP contribution < -0.4 is 10.1 Å². The highest BCUT2D eigenvalue weighted by atomic mass is 16.5. The SMILES string of the molecule is COc1ccc(CNC(=O)[C@@H]2C[C@H](CN3CCN(C)CC3)CN(Cc3ccncc3)C2)cc1. The number of methoxy groups -OCH3 is 1. The molecule has 2 fully saturated rings. The van der Waals surface area contributed by atoms with Gasteiger partial charge >= 0.3 is 0 Å². The van der Waals surface area contributed by atoms with Crippen LogP contribution in [0.15, 0.2) is 48.8 Å². The molecule has 1 N–H and O–H groups in total. The Morgan fingerprint density at radius 1 is 1.00 bits per heavy atom. The van der Waals surface area contributed by atoms with Gasteiger partial charge in [0.05, 0.1) is 13.0 Å². The minimum absolute atomic E-state index is 0.0105. The number of pyridine rings is 1. The van der Waals surface area contributed by atoms with Gasteiger partial charge in [-0.05, 0) is 54.8 Å². The predicted molar refractivity (Wildman–Crippen MR) is 130 cm³/mol. The third-order valence-corrected chi connectivity index (χ3v) is 6.88. The molecule has 4 rings (SSSR count). The van der Waals surface area contributed by atoms with Gasteiger partial charge in [0.15, 0.2) is 0 Å². The maximum atomic E-state index is 13.2. The summed E-state index contributed by atoms with van der Waals surface area (Å²) >= 11 is 0. The molecule has 0 saturated carbocycles. The van der Waals surface area contributed by atoms with Gasteiger partial charge in [0.25, 0.3) is 0 Å². The average Bonchev–Trinajstić information content (AvgIpc) is 2.85. The number of hydrogen-bond donors (Lipinski definition) is 1. The molecule has 178 valence electrons. The molecule has 33 heavy (non-hydrogen) atoms. The van der Waals surface area contributed by atoms with E-state index >= 15 is 0 Å². The molecule has 2 saturated heterocycles. The number of benzene rings is 1. The summed E-state index contributed by atoms with van der Waals surface area (Å²) < 4.78 is 5.23. The molecule has 1 aromatic heterocycles. The van der Waals surface area contributed by atoms with Gasteiger partial charge in [-0.15, -0.1) is 0 Å². The van der Waals surface area contributed by atoms with E-state index < -0.39 is 0 Å². The van der Waals surface area contributed by atoms with Crippen molar-refractivity contribution in [1.29, 1.82) is 0 Å². The fourth-order valence-corrected chi connectivity index (χ4v) is 4.97. The zero-order valence-corrected chi connectivity index (χ0v) is 19.9. The van der Waals surface area contributed by atoms with Gasteiger partial charge in [-0.25, -0.2) is 0 Å². The van der Waals surface area contributed by atoms with E-state index in [9.17, 15) is 4.79 Å². The third kappa shape index (κ3) is 7.00. The Balaban J connectivity index is 1.37. The first-order valence-electron chi connectivity index (χ1n) is 12.0. The van der Waals surface area contributed by atoms with E-state index in [1.165, 1.54) is 5.56 Å². The van der Waals surface area contributed by atoms with Crippen molar-refractivity contribution in [2.45, 2.75) is 19.5 Å². The molecule has 1 aromatic carbocycles. The summed E-state index contributed by atoms with van der Waals surface area (Å²) in [6.45, 7) is 8.81. The molecule has 3 heterocycles. The Kier molecular flexibility index (Phi) is 8.31. The van der Waals surface area contributed by atoms with Crippen molar-refractivity contribution in [3.63, 3.8) is 0 Å². The molecule has 0 aliphatic carbocycles. The van der Waals surface area contributed by atoms with Crippen LogP contribution in [-0.2, 0) is 17.9 Å². The highest BCUT2D eigenvalue weighted by Gasteiger charge is 2.32. The van der Waals surface area contributed by atoms with Gasteiger partial charge < -0.3 is 19.9 Å². The van der Waals surface area contributed by atoms with Crippen molar-refractivity contribution in [2.75, 3.05) is 60.0 Å². The first kappa shape index (κ1) is 23.7. The fraction of sp³-hybridized carbons (Fsp3) is 0.538. The summed E-state index contributed by atoms with van der Waals surface area (Å²) in [7, 11) is 3.85. The van der Waals surface area contributed by atoms with Gasteiger partial charge in [-0.3, -0.25) is 14.7 Å². The minimum atomic E-state index is 0.0105. The van der Waals surface area contributed by atoms with E-state index in [0.29, 0.717) is 12.5 Å². The molecule has 2 atom stereocenters. The van der Waals surface area contributed by atoms with Gasteiger partial charge in [-0.1, -0.05) is 12.1 Å². The maximum Gasteiger partial charge on any atom is 0.224 e. The number of ether oxygens (including phenoxy) is 1. The maximum absolute atomic E-state index is 13.2. The Labute approximate surface area is 197 Å². The molecule has 0 spiro atoms. The number of carbonyl (C=O) groups is 1. The smallest absolute Gasteiger partial charge is 0.224 e. The number of amides is 1. The summed E-state index contributed by atoms with van der Waals surface area (Å²) in [5.41, 5.74) is 2.34. The van der Waals surface area contributed by atoms with Crippen molar-refractivity contribution >= 4 is 5.91 Å². The van der Waals surface area contributed by atoms with Crippen LogP contribution >= 0.6 is 0 Å². The number of rotatable bonds is 8. The summed E-state index contributed by atoms with van der Waals surface area (Å²) in [4.78, 5) is 24.7. The van der Waals surface area contributed by atoms with Crippen molar-refractivity contribution in [3.05, 3.63) is 59.9 Å². The van der Waals surface area contributed by atoms with Gasteiger partial charge in [0, 0.05) is 71.3 Å². The molecule has 2 aromatic rings. The summed E-state index contributed by atoms with van der Waals surface area (Å²) in [5.74, 6) is 1.50. The molecule has 2 aliphatic heterocycles. The molecule has 7 heteroatoms. The van der Waals surface area contributed by atoms with Crippen LogP contribution in [0.4, 0.5) is 0 Å². The molecule has 0 bridgehead atoms. The zero-order chi connectivity index (χ0) is 23.0. The molecule has 2 aliphatic rings. The fourth-order valence-electron chi connectivity index (χ4n) is 4.97. The average molecular weight is 452 g/mol. The Bertz CT molecular complexity index is 868. The number of nitrogens with zero attached hydrogens (tertiary/aromatic N) is 4. The van der Waals surface area contributed by atoms with E-state index in [1.54, 1.807) is 7.11 Å². The highest BCUT2D eigenvalue weighted by Crippen LogP contribution is 2.25. The number of likely N-dealkylation sites (tertiary alicyclic amines) is 1. The topological polar surface area (TPSA) is 60.9 Å². The molecular formula is C26H37N5O2. The summed E-state index contributed by atoms with van der Waals surface area (Å²) in [6, 6.07) is 12.0. The number of piperazine rings is 1. The van der Waals surface area contributed by atoms with Crippen LogP contribution in [0.1, 0.15) is 17.5 Å². The largest absolute Gasteiger partial charge is 0.497 e. The monoisotopic (exact) mass is 451 g/mol. The number of piperidine rings is 1. The van der Waals surface area contributed by atoms with E-state index in [0.717, 1.165) is 70.1 Å². The number of aromatic nitrogens is 1. The van der Waals surface area contributed by atoms with Crippen LogP contribution in [-0.4, -0.2) is 85.6 Å². The second-order valence-electron chi connectivity index (χ2n) is 9.52. The van der Waals surface area contributed by atoms with Gasteiger partial charge in [0.1, 0.15) is 5.75 Å². The minimum Gasteiger partial charge on any atom is -0.497 e. The molecule has 7 nitrogen and oxygen atoms in total. The highest BCUT2D eigenvalue weighted by molar-refractivity contribution is 5.79. The van der Waals surface area contributed by atoms with Crippen LogP contribution in [0, 0.1) is 11.8 Å². The number of carbonyl (C=O) groups excluding carboxylic acids is 1. The summed E-state index contributed by atoms with van der Waals surface area (Å²) in [5, 5.41) is 3.18. The van der Waals surface area contributed by atoms with E-state index in [2.05, 4.69) is 44.2 Å². The van der Waals surface area contributed by atoms with E-state index in [-0.39, 0.29) is 11.8 Å². The lowest BCUT2D eigenvalue weighted by molar-refractivity contribution is -0.128. The van der Waals surface area contributed by atoms with Gasteiger partial charge in [-0.2, -0.15) is 0 Å². The number of nitrogens with one attached hydrogen (secondary N) is 1. The van der Waals surface area contributed by atoms with Crippen LogP contribution in [0.2, 0.25) is 0 Å². The third-order valence-electron chi connectivity index (χ3n) is 6.88.